The van der Waals surface area contributed by atoms with E-state index in [4.69, 9.17) is 4.99 Å². The van der Waals surface area contributed by atoms with E-state index in [0.29, 0.717) is 18.0 Å². The monoisotopic (exact) mass is 299 g/mol. The van der Waals surface area contributed by atoms with Crippen LogP contribution in [0, 0.1) is 5.92 Å². The lowest BCUT2D eigenvalue weighted by Gasteiger charge is -2.41. The maximum absolute atomic E-state index is 4.95. The Balaban J connectivity index is 1.42. The van der Waals surface area contributed by atoms with E-state index in [9.17, 15) is 0 Å². The third-order valence-electron chi connectivity index (χ3n) is 5.54. The Hall–Kier alpha value is -1.33. The molecule has 0 amide bonds. The summed E-state index contributed by atoms with van der Waals surface area (Å²) in [4.78, 5) is 7.43. The van der Waals surface area contributed by atoms with Crippen molar-refractivity contribution < 1.29 is 0 Å². The van der Waals surface area contributed by atoms with Gasteiger partial charge >= 0.3 is 0 Å². The zero-order chi connectivity index (χ0) is 14.5. The number of nitrogens with one attached hydrogen (secondary N) is 2. The minimum atomic E-state index is 0.377. The van der Waals surface area contributed by atoms with E-state index in [1.165, 1.54) is 63.1 Å². The largest absolute Gasteiger partial charge is 0.357 e. The van der Waals surface area contributed by atoms with Gasteiger partial charge in [-0.3, -0.25) is 0 Å². The Morgan fingerprint density at radius 1 is 1.09 bits per heavy atom. The van der Waals surface area contributed by atoms with Gasteiger partial charge in [0.25, 0.3) is 0 Å². The molecule has 0 radical (unpaired) electrons. The molecule has 0 aromatic heterocycles. The molecule has 5 rings (SSSR count). The van der Waals surface area contributed by atoms with Gasteiger partial charge in [-0.15, -0.1) is 0 Å². The highest BCUT2D eigenvalue weighted by atomic mass is 15.6. The lowest BCUT2D eigenvalue weighted by atomic mass is 9.98. The Labute approximate surface area is 132 Å². The third kappa shape index (κ3) is 2.18. The average molecular weight is 299 g/mol. The average Bonchev–Trinajstić information content (AvgIpc) is 3.25. The van der Waals surface area contributed by atoms with Gasteiger partial charge in [-0.1, -0.05) is 6.42 Å². The number of hydrogen-bond donors (Lipinski definition) is 2. The zero-order valence-corrected chi connectivity index (χ0v) is 13.1. The van der Waals surface area contributed by atoms with Crippen LogP contribution in [0.1, 0.15) is 38.5 Å². The van der Waals surface area contributed by atoms with E-state index >= 15 is 0 Å². The molecule has 5 nitrogen and oxygen atoms in total. The van der Waals surface area contributed by atoms with Crippen molar-refractivity contribution in [3.63, 3.8) is 0 Å². The number of likely N-dealkylation sites (tertiary alicyclic amines) is 1. The van der Waals surface area contributed by atoms with Crippen molar-refractivity contribution in [2.75, 3.05) is 19.6 Å². The highest BCUT2D eigenvalue weighted by molar-refractivity contribution is 6.00. The summed E-state index contributed by atoms with van der Waals surface area (Å²) in [6, 6.07) is 0.923. The van der Waals surface area contributed by atoms with Crippen molar-refractivity contribution in [2.45, 2.75) is 50.6 Å². The highest BCUT2D eigenvalue weighted by Gasteiger charge is 2.38. The van der Waals surface area contributed by atoms with Crippen LogP contribution in [0.25, 0.3) is 0 Å². The number of nitrogens with zero attached hydrogens (tertiary/aromatic N) is 3. The zero-order valence-electron chi connectivity index (χ0n) is 13.1. The molecule has 4 aliphatic heterocycles. The summed E-state index contributed by atoms with van der Waals surface area (Å²) in [6.07, 6.45) is 12.5. The quantitative estimate of drug-likeness (QED) is 0.830. The summed E-state index contributed by atoms with van der Waals surface area (Å²) in [7, 11) is 0. The van der Waals surface area contributed by atoms with E-state index in [0.717, 1.165) is 12.4 Å². The predicted molar refractivity (Wildman–Crippen MR) is 86.9 cm³/mol. The molecular weight excluding hydrogens is 274 g/mol. The normalized spacial score (nSPS) is 34.6. The summed E-state index contributed by atoms with van der Waals surface area (Å²) in [5, 5.41) is 5.92. The van der Waals surface area contributed by atoms with Crippen molar-refractivity contribution >= 4 is 5.71 Å². The van der Waals surface area contributed by atoms with E-state index in [1.807, 2.05) is 0 Å². The van der Waals surface area contributed by atoms with Crippen molar-refractivity contribution in [3.8, 4) is 0 Å². The molecule has 2 saturated heterocycles. The number of hydrogen-bond acceptors (Lipinski definition) is 5. The number of hydrazine groups is 1. The van der Waals surface area contributed by atoms with Crippen LogP contribution in [-0.4, -0.2) is 47.3 Å². The Kier molecular flexibility index (Phi) is 3.05. The minimum absolute atomic E-state index is 0.377. The molecule has 2 unspecified atom stereocenters. The first kappa shape index (κ1) is 13.1. The number of allylic oxidation sites excluding steroid dienone is 1. The second kappa shape index (κ2) is 5.10. The molecule has 1 saturated carbocycles. The second-order valence-electron chi connectivity index (χ2n) is 7.23. The molecule has 3 fully saturated rings. The molecule has 2 N–H and O–H groups in total. The van der Waals surface area contributed by atoms with Crippen LogP contribution in [0.5, 0.6) is 0 Å². The summed E-state index contributed by atoms with van der Waals surface area (Å²) >= 11 is 0. The fourth-order valence-corrected chi connectivity index (χ4v) is 3.88. The molecule has 0 aromatic carbocycles. The van der Waals surface area contributed by atoms with Crippen LogP contribution >= 0.6 is 0 Å². The van der Waals surface area contributed by atoms with Crippen molar-refractivity contribution in [1.82, 2.24) is 20.7 Å². The van der Waals surface area contributed by atoms with E-state index in [-0.39, 0.29) is 0 Å². The van der Waals surface area contributed by atoms with Crippen LogP contribution in [0.3, 0.4) is 0 Å². The van der Waals surface area contributed by atoms with Crippen molar-refractivity contribution in [3.05, 3.63) is 23.8 Å². The summed E-state index contributed by atoms with van der Waals surface area (Å²) in [5.74, 6) is 3.17. The molecule has 0 aromatic rings. The van der Waals surface area contributed by atoms with Crippen LogP contribution in [0.15, 0.2) is 28.8 Å². The first-order valence-electron chi connectivity index (χ1n) is 8.95. The van der Waals surface area contributed by atoms with Gasteiger partial charge in [0.15, 0.2) is 0 Å². The van der Waals surface area contributed by atoms with Gasteiger partial charge < -0.3 is 10.2 Å². The van der Waals surface area contributed by atoms with Gasteiger partial charge in [0.2, 0.25) is 0 Å². The van der Waals surface area contributed by atoms with Crippen molar-refractivity contribution in [1.29, 1.82) is 0 Å². The molecule has 0 bridgehead atoms. The van der Waals surface area contributed by atoms with E-state index in [2.05, 4.69) is 32.8 Å². The molecular formula is C17H25N5. The van der Waals surface area contributed by atoms with E-state index in [1.54, 1.807) is 0 Å². The Bertz CT molecular complexity index is 549. The van der Waals surface area contributed by atoms with Crippen LogP contribution in [0.4, 0.5) is 0 Å². The van der Waals surface area contributed by atoms with Crippen molar-refractivity contribution in [2.24, 2.45) is 10.9 Å². The van der Waals surface area contributed by atoms with Crippen LogP contribution in [0.2, 0.25) is 0 Å². The molecule has 118 valence electrons. The summed E-state index contributed by atoms with van der Waals surface area (Å²) < 4.78 is 0. The first-order valence-corrected chi connectivity index (χ1v) is 8.95. The fraction of sp³-hybridized carbons (Fsp3) is 0.706. The van der Waals surface area contributed by atoms with Gasteiger partial charge in [-0.05, 0) is 44.7 Å². The number of rotatable bonds is 3. The minimum Gasteiger partial charge on any atom is -0.357 e. The summed E-state index contributed by atoms with van der Waals surface area (Å²) in [6.45, 7) is 3.51. The number of aliphatic imine (C=N–C) groups is 1. The maximum atomic E-state index is 4.95. The molecule has 4 heterocycles. The lowest BCUT2D eigenvalue weighted by Crippen LogP contribution is -2.53. The third-order valence-corrected chi connectivity index (χ3v) is 5.54. The standard InChI is InChI=1S/C17H25N5/c1-2-7-18-13(4-1)15-10-16-19-14(12-5-6-12)11-17(22(16)20-15)21-8-3-9-21/h10-13,15,18,20H,1-9H2. The molecule has 2 atom stereocenters. The van der Waals surface area contributed by atoms with Gasteiger partial charge in [0.1, 0.15) is 11.6 Å². The Morgan fingerprint density at radius 2 is 2.00 bits per heavy atom. The smallest absolute Gasteiger partial charge is 0.146 e. The molecule has 5 aliphatic rings. The van der Waals surface area contributed by atoms with Crippen LogP contribution < -0.4 is 10.7 Å². The predicted octanol–water partition coefficient (Wildman–Crippen LogP) is 1.57. The SMILES string of the molecule is C1=C2N=C(C3CC3)C=C(N3CCC3)N2NC1C1CCCCN1. The molecule has 22 heavy (non-hydrogen) atoms. The lowest BCUT2D eigenvalue weighted by molar-refractivity contribution is 0.137. The topological polar surface area (TPSA) is 42.9 Å². The van der Waals surface area contributed by atoms with E-state index < -0.39 is 0 Å². The first-order chi connectivity index (χ1) is 10.9. The van der Waals surface area contributed by atoms with Crippen LogP contribution in [-0.2, 0) is 0 Å². The van der Waals surface area contributed by atoms with Gasteiger partial charge in [-0.2, -0.15) is 0 Å². The maximum Gasteiger partial charge on any atom is 0.146 e. The Morgan fingerprint density at radius 3 is 2.68 bits per heavy atom. The number of piperidine rings is 1. The summed E-state index contributed by atoms with van der Waals surface area (Å²) in [5.41, 5.74) is 5.01. The van der Waals surface area contributed by atoms with Gasteiger partial charge in [-0.25, -0.2) is 15.4 Å². The highest BCUT2D eigenvalue weighted by Crippen LogP contribution is 2.37. The number of fused-ring (bicyclic) bond motifs is 1. The second-order valence-corrected chi connectivity index (χ2v) is 7.23. The molecule has 1 aliphatic carbocycles. The van der Waals surface area contributed by atoms with Gasteiger partial charge in [0.05, 0.1) is 6.04 Å². The molecule has 0 spiro atoms. The van der Waals surface area contributed by atoms with Gasteiger partial charge in [0, 0.05) is 36.8 Å². The fourth-order valence-electron chi connectivity index (χ4n) is 3.88. The molecule has 5 heteroatoms.